The molecule has 0 bridgehead atoms. The van der Waals surface area contributed by atoms with Crippen molar-refractivity contribution in [2.45, 2.75) is 13.0 Å². The van der Waals surface area contributed by atoms with Gasteiger partial charge in [-0.1, -0.05) is 48.5 Å². The number of benzene rings is 3. The summed E-state index contributed by atoms with van der Waals surface area (Å²) < 4.78 is 21.2. The number of carbonyl (C=O) groups excluding carboxylic acids is 2. The SMILES string of the molecule is COc1ccc(CCNC(=O)COC(=O)/C=C/c2ccc(OCc3ccccc3)cc2)cc1OC. The van der Waals surface area contributed by atoms with Crippen LogP contribution >= 0.6 is 0 Å². The van der Waals surface area contributed by atoms with Crippen LogP contribution in [0.25, 0.3) is 6.08 Å². The predicted molar refractivity (Wildman–Crippen MR) is 133 cm³/mol. The minimum absolute atomic E-state index is 0.346. The Balaban J connectivity index is 1.35. The maximum absolute atomic E-state index is 12.0. The number of carbonyl (C=O) groups is 2. The molecule has 0 aliphatic rings. The first-order valence-electron chi connectivity index (χ1n) is 11.2. The predicted octanol–water partition coefficient (Wildman–Crippen LogP) is 4.20. The molecule has 3 rings (SSSR count). The standard InChI is InChI=1S/C28H29NO6/c1-32-25-14-10-22(18-26(25)33-2)16-17-29-27(30)20-35-28(31)15-11-21-8-12-24(13-9-21)34-19-23-6-4-3-5-7-23/h3-15,18H,16-17,19-20H2,1-2H3,(H,29,30)/b15-11+. The van der Waals surface area contributed by atoms with Crippen molar-refractivity contribution in [3.63, 3.8) is 0 Å². The van der Waals surface area contributed by atoms with Gasteiger partial charge >= 0.3 is 5.97 Å². The number of esters is 1. The summed E-state index contributed by atoms with van der Waals surface area (Å²) in [6.07, 6.45) is 3.51. The van der Waals surface area contributed by atoms with E-state index in [2.05, 4.69) is 5.32 Å². The fourth-order valence-corrected chi connectivity index (χ4v) is 3.20. The van der Waals surface area contributed by atoms with Gasteiger partial charge in [-0.2, -0.15) is 0 Å². The molecule has 1 amide bonds. The molecule has 0 aliphatic carbocycles. The smallest absolute Gasteiger partial charge is 0.331 e. The fraction of sp³-hybridized carbons (Fsp3) is 0.214. The molecule has 7 nitrogen and oxygen atoms in total. The third-order valence-corrected chi connectivity index (χ3v) is 5.07. The molecular formula is C28H29NO6. The second kappa shape index (κ2) is 13.4. The highest BCUT2D eigenvalue weighted by molar-refractivity contribution is 5.89. The van der Waals surface area contributed by atoms with Crippen molar-refractivity contribution in [2.24, 2.45) is 0 Å². The summed E-state index contributed by atoms with van der Waals surface area (Å²) in [4.78, 5) is 23.9. The molecule has 0 aromatic heterocycles. The highest BCUT2D eigenvalue weighted by Gasteiger charge is 2.07. The van der Waals surface area contributed by atoms with E-state index >= 15 is 0 Å². The fourth-order valence-electron chi connectivity index (χ4n) is 3.20. The van der Waals surface area contributed by atoms with Crippen LogP contribution in [0.3, 0.4) is 0 Å². The van der Waals surface area contributed by atoms with Crippen molar-refractivity contribution < 1.29 is 28.5 Å². The van der Waals surface area contributed by atoms with Gasteiger partial charge in [0, 0.05) is 12.6 Å². The number of hydrogen-bond donors (Lipinski definition) is 1. The summed E-state index contributed by atoms with van der Waals surface area (Å²) in [5.74, 6) is 1.05. The van der Waals surface area contributed by atoms with Crippen LogP contribution in [0.1, 0.15) is 16.7 Å². The van der Waals surface area contributed by atoms with E-state index in [9.17, 15) is 9.59 Å². The van der Waals surface area contributed by atoms with Crippen LogP contribution < -0.4 is 19.5 Å². The van der Waals surface area contributed by atoms with Crippen LogP contribution in [0.5, 0.6) is 17.2 Å². The van der Waals surface area contributed by atoms with Gasteiger partial charge in [0.05, 0.1) is 14.2 Å². The Bertz CT molecular complexity index is 1130. The van der Waals surface area contributed by atoms with E-state index in [0.717, 1.165) is 22.4 Å². The maximum Gasteiger partial charge on any atom is 0.331 e. The van der Waals surface area contributed by atoms with Crippen molar-refractivity contribution in [1.29, 1.82) is 0 Å². The van der Waals surface area contributed by atoms with E-state index in [1.807, 2.05) is 72.8 Å². The van der Waals surface area contributed by atoms with Crippen LogP contribution in [-0.4, -0.2) is 39.2 Å². The molecule has 1 N–H and O–H groups in total. The number of rotatable bonds is 12. The molecule has 0 unspecified atom stereocenters. The Morgan fingerprint density at radius 3 is 2.31 bits per heavy atom. The number of hydrogen-bond acceptors (Lipinski definition) is 6. The van der Waals surface area contributed by atoms with Gasteiger partial charge in [0.1, 0.15) is 12.4 Å². The summed E-state index contributed by atoms with van der Waals surface area (Å²) in [6, 6.07) is 22.8. The Kier molecular flexibility index (Phi) is 9.75. The van der Waals surface area contributed by atoms with Crippen LogP contribution in [0.2, 0.25) is 0 Å². The maximum atomic E-state index is 12.0. The normalized spacial score (nSPS) is 10.6. The van der Waals surface area contributed by atoms with Crippen molar-refractivity contribution in [1.82, 2.24) is 5.32 Å². The van der Waals surface area contributed by atoms with E-state index in [1.165, 1.54) is 6.08 Å². The van der Waals surface area contributed by atoms with Crippen LogP contribution in [-0.2, 0) is 27.4 Å². The van der Waals surface area contributed by atoms with E-state index in [1.54, 1.807) is 20.3 Å². The van der Waals surface area contributed by atoms with Gasteiger partial charge < -0.3 is 24.3 Å². The van der Waals surface area contributed by atoms with Gasteiger partial charge in [0.15, 0.2) is 18.1 Å². The number of ether oxygens (including phenoxy) is 4. The van der Waals surface area contributed by atoms with Crippen LogP contribution in [0.15, 0.2) is 78.9 Å². The molecule has 3 aromatic carbocycles. The molecule has 0 radical (unpaired) electrons. The molecule has 0 saturated carbocycles. The summed E-state index contributed by atoms with van der Waals surface area (Å²) in [5, 5.41) is 2.73. The molecule has 0 spiro atoms. The summed E-state index contributed by atoms with van der Waals surface area (Å²) in [7, 11) is 3.15. The highest BCUT2D eigenvalue weighted by atomic mass is 16.5. The molecule has 0 aliphatic heterocycles. The lowest BCUT2D eigenvalue weighted by Gasteiger charge is -2.10. The summed E-state index contributed by atoms with van der Waals surface area (Å²) in [6.45, 7) is 0.542. The van der Waals surface area contributed by atoms with Gasteiger partial charge in [0.2, 0.25) is 0 Å². The summed E-state index contributed by atoms with van der Waals surface area (Å²) >= 11 is 0. The highest BCUT2D eigenvalue weighted by Crippen LogP contribution is 2.27. The molecule has 182 valence electrons. The number of nitrogens with one attached hydrogen (secondary N) is 1. The molecule has 0 fully saturated rings. The van der Waals surface area contributed by atoms with Crippen molar-refractivity contribution in [2.75, 3.05) is 27.4 Å². The molecule has 7 heteroatoms. The third-order valence-electron chi connectivity index (χ3n) is 5.07. The van der Waals surface area contributed by atoms with Crippen molar-refractivity contribution in [3.05, 3.63) is 95.6 Å². The van der Waals surface area contributed by atoms with Gasteiger partial charge in [-0.25, -0.2) is 4.79 Å². The van der Waals surface area contributed by atoms with E-state index in [-0.39, 0.29) is 12.5 Å². The average Bonchev–Trinajstić information content (AvgIpc) is 2.90. The van der Waals surface area contributed by atoms with Crippen LogP contribution in [0, 0.1) is 0 Å². The molecule has 35 heavy (non-hydrogen) atoms. The third kappa shape index (κ3) is 8.55. The first-order valence-corrected chi connectivity index (χ1v) is 11.2. The minimum Gasteiger partial charge on any atom is -0.493 e. The zero-order chi connectivity index (χ0) is 24.9. The second-order valence-corrected chi connectivity index (χ2v) is 7.57. The monoisotopic (exact) mass is 475 g/mol. The average molecular weight is 476 g/mol. The van der Waals surface area contributed by atoms with Gasteiger partial charge in [-0.3, -0.25) is 4.79 Å². The molecule has 0 heterocycles. The van der Waals surface area contributed by atoms with Gasteiger partial charge in [-0.15, -0.1) is 0 Å². The summed E-state index contributed by atoms with van der Waals surface area (Å²) in [5.41, 5.74) is 2.89. The molecule has 0 saturated heterocycles. The van der Waals surface area contributed by atoms with E-state index in [0.29, 0.717) is 31.1 Å². The Labute approximate surface area is 205 Å². The van der Waals surface area contributed by atoms with Gasteiger partial charge in [0.25, 0.3) is 5.91 Å². The zero-order valence-corrected chi connectivity index (χ0v) is 19.9. The van der Waals surface area contributed by atoms with Crippen molar-refractivity contribution in [3.8, 4) is 17.2 Å². The first-order chi connectivity index (χ1) is 17.1. The Morgan fingerprint density at radius 1 is 0.857 bits per heavy atom. The van der Waals surface area contributed by atoms with Crippen LogP contribution in [0.4, 0.5) is 0 Å². The topological polar surface area (TPSA) is 83.1 Å². The molecule has 3 aromatic rings. The lowest BCUT2D eigenvalue weighted by molar-refractivity contribution is -0.143. The second-order valence-electron chi connectivity index (χ2n) is 7.57. The molecular weight excluding hydrogens is 446 g/mol. The largest absolute Gasteiger partial charge is 0.493 e. The van der Waals surface area contributed by atoms with E-state index < -0.39 is 5.97 Å². The quantitative estimate of drug-likeness (QED) is 0.312. The van der Waals surface area contributed by atoms with Gasteiger partial charge in [-0.05, 0) is 53.5 Å². The van der Waals surface area contributed by atoms with Crippen molar-refractivity contribution >= 4 is 18.0 Å². The lowest BCUT2D eigenvalue weighted by atomic mass is 10.1. The Morgan fingerprint density at radius 2 is 1.60 bits per heavy atom. The molecule has 0 atom stereocenters. The first kappa shape index (κ1) is 25.4. The lowest BCUT2D eigenvalue weighted by Crippen LogP contribution is -2.30. The van der Waals surface area contributed by atoms with E-state index in [4.69, 9.17) is 18.9 Å². The number of amides is 1. The number of methoxy groups -OCH3 is 2. The zero-order valence-electron chi connectivity index (χ0n) is 19.9. The Hall–Kier alpha value is -4.26. The minimum atomic E-state index is -0.593.